The minimum Gasteiger partial charge on any atom is -0.497 e. The molecular weight excluding hydrogens is 322 g/mol. The van der Waals surface area contributed by atoms with Crippen LogP contribution in [0.4, 0.5) is 4.79 Å². The fourth-order valence-electron chi connectivity index (χ4n) is 2.46. The Morgan fingerprint density at radius 1 is 1.08 bits per heavy atom. The molecule has 2 aromatic carbocycles. The van der Waals surface area contributed by atoms with Crippen molar-refractivity contribution in [3.05, 3.63) is 70.6 Å². The lowest BCUT2D eigenvalue weighted by Gasteiger charge is -2.12. The zero-order chi connectivity index (χ0) is 16.9. The molecule has 24 heavy (non-hydrogen) atoms. The van der Waals surface area contributed by atoms with E-state index in [1.54, 1.807) is 13.2 Å². The quantitative estimate of drug-likeness (QED) is 0.773. The van der Waals surface area contributed by atoms with Gasteiger partial charge in [-0.25, -0.2) is 0 Å². The van der Waals surface area contributed by atoms with Crippen LogP contribution in [-0.4, -0.2) is 29.7 Å². The van der Waals surface area contributed by atoms with E-state index in [4.69, 9.17) is 4.74 Å². The Hall–Kier alpha value is -2.53. The molecule has 1 saturated heterocycles. The molecule has 0 N–H and O–H groups in total. The number of hydrogen-bond donors (Lipinski definition) is 0. The van der Waals surface area contributed by atoms with Crippen LogP contribution in [0.5, 0.6) is 5.75 Å². The average molecular weight is 339 g/mol. The molecule has 0 aliphatic carbocycles. The first-order valence-electron chi connectivity index (χ1n) is 7.61. The molecule has 0 atom stereocenters. The standard InChI is InChI=1S/C19H17NO3S/c1-23-16-9-5-8-15(12-16)13-17-18(21)20(19(22)24-17)11-10-14-6-3-2-4-7-14/h2-9,12-13H,10-11H2,1H3/b17-13+. The van der Waals surface area contributed by atoms with Crippen LogP contribution in [-0.2, 0) is 11.2 Å². The van der Waals surface area contributed by atoms with Crippen molar-refractivity contribution in [1.29, 1.82) is 0 Å². The molecule has 0 spiro atoms. The molecule has 3 rings (SSSR count). The van der Waals surface area contributed by atoms with Crippen molar-refractivity contribution < 1.29 is 14.3 Å². The Morgan fingerprint density at radius 2 is 1.88 bits per heavy atom. The summed E-state index contributed by atoms with van der Waals surface area (Å²) in [5.74, 6) is 0.482. The summed E-state index contributed by atoms with van der Waals surface area (Å²) in [7, 11) is 1.59. The molecule has 5 heteroatoms. The Bertz CT molecular complexity index is 786. The van der Waals surface area contributed by atoms with Gasteiger partial charge < -0.3 is 4.74 Å². The number of benzene rings is 2. The minimum absolute atomic E-state index is 0.218. The summed E-state index contributed by atoms with van der Waals surface area (Å²) in [4.78, 5) is 26.4. The summed E-state index contributed by atoms with van der Waals surface area (Å²) in [5.41, 5.74) is 1.94. The highest BCUT2D eigenvalue weighted by Gasteiger charge is 2.34. The zero-order valence-electron chi connectivity index (χ0n) is 13.3. The van der Waals surface area contributed by atoms with Crippen LogP contribution in [0.3, 0.4) is 0 Å². The van der Waals surface area contributed by atoms with Crippen molar-refractivity contribution in [2.75, 3.05) is 13.7 Å². The van der Waals surface area contributed by atoms with Gasteiger partial charge in [-0.1, -0.05) is 42.5 Å². The van der Waals surface area contributed by atoms with Crippen molar-refractivity contribution in [1.82, 2.24) is 4.90 Å². The van der Waals surface area contributed by atoms with Gasteiger partial charge in [-0.3, -0.25) is 14.5 Å². The zero-order valence-corrected chi connectivity index (χ0v) is 14.1. The Labute approximate surface area is 145 Å². The number of amides is 2. The van der Waals surface area contributed by atoms with E-state index in [-0.39, 0.29) is 11.1 Å². The van der Waals surface area contributed by atoms with Crippen molar-refractivity contribution in [2.24, 2.45) is 0 Å². The van der Waals surface area contributed by atoms with Gasteiger partial charge in [0.05, 0.1) is 12.0 Å². The molecule has 1 aliphatic rings. The topological polar surface area (TPSA) is 46.6 Å². The van der Waals surface area contributed by atoms with E-state index in [9.17, 15) is 9.59 Å². The first kappa shape index (κ1) is 16.3. The number of carbonyl (C=O) groups excluding carboxylic acids is 2. The number of thioether (sulfide) groups is 1. The summed E-state index contributed by atoms with van der Waals surface area (Å²) in [6.07, 6.45) is 2.39. The molecule has 0 radical (unpaired) electrons. The predicted octanol–water partition coefficient (Wildman–Crippen LogP) is 3.97. The molecule has 1 heterocycles. The van der Waals surface area contributed by atoms with Gasteiger partial charge in [0.25, 0.3) is 11.1 Å². The highest BCUT2D eigenvalue weighted by Crippen LogP contribution is 2.32. The van der Waals surface area contributed by atoms with E-state index in [0.29, 0.717) is 23.6 Å². The third kappa shape index (κ3) is 3.68. The molecule has 0 bridgehead atoms. The first-order valence-corrected chi connectivity index (χ1v) is 8.42. The van der Waals surface area contributed by atoms with Crippen molar-refractivity contribution in [2.45, 2.75) is 6.42 Å². The summed E-state index contributed by atoms with van der Waals surface area (Å²) in [6.45, 7) is 0.393. The van der Waals surface area contributed by atoms with Crippen LogP contribution in [0.25, 0.3) is 6.08 Å². The van der Waals surface area contributed by atoms with E-state index in [2.05, 4.69) is 0 Å². The Morgan fingerprint density at radius 3 is 2.62 bits per heavy atom. The molecule has 122 valence electrons. The second kappa shape index (κ2) is 7.36. The summed E-state index contributed by atoms with van der Waals surface area (Å²) < 4.78 is 5.18. The van der Waals surface area contributed by atoms with E-state index in [1.807, 2.05) is 54.6 Å². The maximum absolute atomic E-state index is 12.5. The first-order chi connectivity index (χ1) is 11.7. The highest BCUT2D eigenvalue weighted by atomic mass is 32.2. The lowest BCUT2D eigenvalue weighted by atomic mass is 10.1. The van der Waals surface area contributed by atoms with Gasteiger partial charge in [-0.05, 0) is 47.5 Å². The van der Waals surface area contributed by atoms with E-state index in [1.165, 1.54) is 4.90 Å². The molecule has 0 aromatic heterocycles. The maximum Gasteiger partial charge on any atom is 0.293 e. The SMILES string of the molecule is COc1cccc(/C=C2/SC(=O)N(CCc3ccccc3)C2=O)c1. The number of nitrogens with zero attached hydrogens (tertiary/aromatic N) is 1. The second-order valence-corrected chi connectivity index (χ2v) is 6.34. The third-order valence-corrected chi connectivity index (χ3v) is 4.64. The van der Waals surface area contributed by atoms with Crippen LogP contribution in [0.2, 0.25) is 0 Å². The van der Waals surface area contributed by atoms with Crippen molar-refractivity contribution >= 4 is 29.0 Å². The molecule has 1 aliphatic heterocycles. The van der Waals surface area contributed by atoms with Crippen LogP contribution in [0, 0.1) is 0 Å². The maximum atomic E-state index is 12.5. The molecular formula is C19H17NO3S. The van der Waals surface area contributed by atoms with Gasteiger partial charge in [0.1, 0.15) is 5.75 Å². The fourth-order valence-corrected chi connectivity index (χ4v) is 3.33. The van der Waals surface area contributed by atoms with Gasteiger partial charge in [0.15, 0.2) is 0 Å². The van der Waals surface area contributed by atoms with E-state index >= 15 is 0 Å². The molecule has 0 saturated carbocycles. The molecule has 0 unspecified atom stereocenters. The van der Waals surface area contributed by atoms with Gasteiger partial charge >= 0.3 is 0 Å². The summed E-state index contributed by atoms with van der Waals surface area (Å²) >= 11 is 0.983. The number of imide groups is 1. The van der Waals surface area contributed by atoms with Crippen molar-refractivity contribution in [3.8, 4) is 5.75 Å². The number of ether oxygens (including phenoxy) is 1. The monoisotopic (exact) mass is 339 g/mol. The number of methoxy groups -OCH3 is 1. The van der Waals surface area contributed by atoms with Gasteiger partial charge in [0.2, 0.25) is 0 Å². The van der Waals surface area contributed by atoms with Crippen molar-refractivity contribution in [3.63, 3.8) is 0 Å². The minimum atomic E-state index is -0.233. The third-order valence-electron chi connectivity index (χ3n) is 3.73. The van der Waals surface area contributed by atoms with Crippen LogP contribution in [0.15, 0.2) is 59.5 Å². The smallest absolute Gasteiger partial charge is 0.293 e. The largest absolute Gasteiger partial charge is 0.497 e. The van der Waals surface area contributed by atoms with Crippen LogP contribution in [0.1, 0.15) is 11.1 Å². The summed E-state index contributed by atoms with van der Waals surface area (Å²) in [5, 5.41) is -0.218. The van der Waals surface area contributed by atoms with Crippen LogP contribution < -0.4 is 4.74 Å². The lowest BCUT2D eigenvalue weighted by Crippen LogP contribution is -2.30. The fraction of sp³-hybridized carbons (Fsp3) is 0.158. The van der Waals surface area contributed by atoms with Gasteiger partial charge in [0, 0.05) is 6.54 Å². The summed E-state index contributed by atoms with van der Waals surface area (Å²) in [6, 6.07) is 17.2. The van der Waals surface area contributed by atoms with E-state index in [0.717, 1.165) is 22.9 Å². The molecule has 4 nitrogen and oxygen atoms in total. The lowest BCUT2D eigenvalue weighted by molar-refractivity contribution is -0.122. The van der Waals surface area contributed by atoms with Crippen LogP contribution >= 0.6 is 11.8 Å². The van der Waals surface area contributed by atoms with E-state index < -0.39 is 0 Å². The highest BCUT2D eigenvalue weighted by molar-refractivity contribution is 8.18. The molecule has 2 aromatic rings. The second-order valence-electron chi connectivity index (χ2n) is 5.35. The van der Waals surface area contributed by atoms with Gasteiger partial charge in [-0.15, -0.1) is 0 Å². The predicted molar refractivity (Wildman–Crippen MR) is 95.8 cm³/mol. The Kier molecular flexibility index (Phi) is 5.01. The Balaban J connectivity index is 1.72. The van der Waals surface area contributed by atoms with Gasteiger partial charge in [-0.2, -0.15) is 0 Å². The molecule has 2 amide bonds. The number of rotatable bonds is 5. The normalized spacial score (nSPS) is 16.0. The molecule has 1 fully saturated rings. The number of hydrogen-bond acceptors (Lipinski definition) is 4. The average Bonchev–Trinajstić information content (AvgIpc) is 2.87. The number of carbonyl (C=O) groups is 2.